The zero-order valence-corrected chi connectivity index (χ0v) is 11.7. The zero-order valence-electron chi connectivity index (χ0n) is 9.34. The number of benzene rings is 1. The third-order valence-electron chi connectivity index (χ3n) is 2.30. The molecule has 2 aromatic rings. The van der Waals surface area contributed by atoms with Gasteiger partial charge >= 0.3 is 0 Å². The maximum absolute atomic E-state index is 6.07. The molecule has 90 valence electrons. The summed E-state index contributed by atoms with van der Waals surface area (Å²) in [4.78, 5) is 4.38. The molecule has 0 fully saturated rings. The van der Waals surface area contributed by atoms with Crippen LogP contribution in [0, 0.1) is 6.92 Å². The molecule has 0 saturated carbocycles. The second-order valence-corrected chi connectivity index (χ2v) is 5.60. The van der Waals surface area contributed by atoms with Gasteiger partial charge in [-0.1, -0.05) is 23.2 Å². The van der Waals surface area contributed by atoms with Crippen LogP contribution in [0.15, 0.2) is 23.6 Å². The smallest absolute Gasteiger partial charge is 0.0897 e. The summed E-state index contributed by atoms with van der Waals surface area (Å²) in [6.07, 6.45) is 0. The van der Waals surface area contributed by atoms with Gasteiger partial charge in [0.1, 0.15) is 0 Å². The number of aromatic nitrogens is 1. The van der Waals surface area contributed by atoms with Crippen molar-refractivity contribution < 1.29 is 0 Å². The molecule has 0 aliphatic heterocycles. The number of nitrogens with zero attached hydrogens (tertiary/aromatic N) is 1. The molecular weight excluding hydrogens is 275 g/mol. The molecule has 0 aliphatic carbocycles. The van der Waals surface area contributed by atoms with Crippen molar-refractivity contribution in [2.75, 3.05) is 0 Å². The zero-order chi connectivity index (χ0) is 12.3. The Morgan fingerprint density at radius 3 is 2.82 bits per heavy atom. The monoisotopic (exact) mass is 286 g/mol. The summed E-state index contributed by atoms with van der Waals surface area (Å²) in [7, 11) is 0. The molecule has 1 aromatic carbocycles. The second kappa shape index (κ2) is 5.83. The molecule has 2 rings (SSSR count). The highest BCUT2D eigenvalue weighted by Gasteiger charge is 2.02. The van der Waals surface area contributed by atoms with E-state index in [-0.39, 0.29) is 0 Å². The van der Waals surface area contributed by atoms with Crippen molar-refractivity contribution in [1.82, 2.24) is 10.3 Å². The number of hydrogen-bond donors (Lipinski definition) is 1. The van der Waals surface area contributed by atoms with Gasteiger partial charge in [0.05, 0.1) is 10.7 Å². The van der Waals surface area contributed by atoms with Gasteiger partial charge in [0.2, 0.25) is 0 Å². The van der Waals surface area contributed by atoms with Crippen LogP contribution in [0.2, 0.25) is 10.0 Å². The van der Waals surface area contributed by atoms with Crippen LogP contribution in [0.25, 0.3) is 0 Å². The number of rotatable bonds is 4. The standard InChI is InChI=1S/C12H12Cl2N2S/c1-8-16-11(7-17-8)6-15-5-9-4-10(13)2-3-12(9)14/h2-4,7,15H,5-6H2,1H3. The number of thiazole rings is 1. The molecule has 0 amide bonds. The largest absolute Gasteiger partial charge is 0.307 e. The van der Waals surface area contributed by atoms with Gasteiger partial charge in [0.15, 0.2) is 0 Å². The first-order valence-corrected chi connectivity index (χ1v) is 6.84. The van der Waals surface area contributed by atoms with Crippen LogP contribution in [0.5, 0.6) is 0 Å². The van der Waals surface area contributed by atoms with Crippen molar-refractivity contribution in [3.05, 3.63) is 49.9 Å². The molecule has 0 radical (unpaired) electrons. The van der Waals surface area contributed by atoms with Crippen LogP contribution in [-0.4, -0.2) is 4.98 Å². The highest BCUT2D eigenvalue weighted by atomic mass is 35.5. The van der Waals surface area contributed by atoms with E-state index in [0.29, 0.717) is 11.6 Å². The fourth-order valence-corrected chi connectivity index (χ4v) is 2.49. The van der Waals surface area contributed by atoms with Crippen LogP contribution in [0.1, 0.15) is 16.3 Å². The summed E-state index contributed by atoms with van der Waals surface area (Å²) in [5.41, 5.74) is 2.07. The molecule has 1 aromatic heterocycles. The van der Waals surface area contributed by atoms with Gasteiger partial charge in [-0.2, -0.15) is 0 Å². The predicted molar refractivity (Wildman–Crippen MR) is 73.9 cm³/mol. The summed E-state index contributed by atoms with van der Waals surface area (Å²) >= 11 is 13.6. The maximum atomic E-state index is 6.07. The summed E-state index contributed by atoms with van der Waals surface area (Å²) in [5, 5.41) is 7.88. The lowest BCUT2D eigenvalue weighted by Gasteiger charge is -2.05. The molecule has 5 heteroatoms. The van der Waals surface area contributed by atoms with Gasteiger partial charge in [-0.3, -0.25) is 0 Å². The van der Waals surface area contributed by atoms with Crippen molar-refractivity contribution in [3.63, 3.8) is 0 Å². The van der Waals surface area contributed by atoms with E-state index in [1.807, 2.05) is 19.1 Å². The molecule has 2 nitrogen and oxygen atoms in total. The third-order valence-corrected chi connectivity index (χ3v) is 3.72. The van der Waals surface area contributed by atoms with Gasteiger partial charge in [0, 0.05) is 28.5 Å². The van der Waals surface area contributed by atoms with Crippen molar-refractivity contribution in [2.24, 2.45) is 0 Å². The SMILES string of the molecule is Cc1nc(CNCc2cc(Cl)ccc2Cl)cs1. The average Bonchev–Trinajstić information content (AvgIpc) is 2.69. The summed E-state index contributed by atoms with van der Waals surface area (Å²) in [6.45, 7) is 3.44. The normalized spacial score (nSPS) is 10.8. The maximum Gasteiger partial charge on any atom is 0.0897 e. The lowest BCUT2D eigenvalue weighted by atomic mass is 10.2. The average molecular weight is 287 g/mol. The van der Waals surface area contributed by atoms with Gasteiger partial charge < -0.3 is 5.32 Å². The van der Waals surface area contributed by atoms with Crippen LogP contribution < -0.4 is 5.32 Å². The summed E-state index contributed by atoms with van der Waals surface area (Å²) in [5.74, 6) is 0. The van der Waals surface area contributed by atoms with Gasteiger partial charge in [-0.05, 0) is 30.7 Å². The first-order chi connectivity index (χ1) is 8.15. The Bertz CT molecular complexity index is 511. The van der Waals surface area contributed by atoms with Gasteiger partial charge in [-0.25, -0.2) is 4.98 Å². The summed E-state index contributed by atoms with van der Waals surface area (Å²) in [6, 6.07) is 5.48. The Morgan fingerprint density at radius 1 is 1.29 bits per heavy atom. The highest BCUT2D eigenvalue weighted by Crippen LogP contribution is 2.20. The van der Waals surface area contributed by atoms with E-state index >= 15 is 0 Å². The Morgan fingerprint density at radius 2 is 2.12 bits per heavy atom. The molecule has 0 bridgehead atoms. The van der Waals surface area contributed by atoms with Crippen molar-refractivity contribution in [1.29, 1.82) is 0 Å². The Hall–Kier alpha value is -0.610. The molecule has 0 saturated heterocycles. The van der Waals surface area contributed by atoms with Crippen molar-refractivity contribution in [2.45, 2.75) is 20.0 Å². The van der Waals surface area contributed by atoms with E-state index in [0.717, 1.165) is 27.8 Å². The van der Waals surface area contributed by atoms with Gasteiger partial charge in [-0.15, -0.1) is 11.3 Å². The third kappa shape index (κ3) is 3.68. The van der Waals surface area contributed by atoms with Crippen LogP contribution in [0.4, 0.5) is 0 Å². The number of nitrogens with one attached hydrogen (secondary N) is 1. The highest BCUT2D eigenvalue weighted by molar-refractivity contribution is 7.09. The predicted octanol–water partition coefficient (Wildman–Crippen LogP) is 4.05. The minimum atomic E-state index is 0.690. The van der Waals surface area contributed by atoms with E-state index in [9.17, 15) is 0 Å². The first-order valence-electron chi connectivity index (χ1n) is 5.21. The molecule has 17 heavy (non-hydrogen) atoms. The Kier molecular flexibility index (Phi) is 4.40. The van der Waals surface area contributed by atoms with Crippen molar-refractivity contribution >= 4 is 34.5 Å². The van der Waals surface area contributed by atoms with Crippen LogP contribution in [-0.2, 0) is 13.1 Å². The second-order valence-electron chi connectivity index (χ2n) is 3.70. The number of halogens is 2. The van der Waals surface area contributed by atoms with E-state index in [1.54, 1.807) is 17.4 Å². The fraction of sp³-hybridized carbons (Fsp3) is 0.250. The van der Waals surface area contributed by atoms with E-state index in [1.165, 1.54) is 0 Å². The molecule has 0 atom stereocenters. The van der Waals surface area contributed by atoms with Gasteiger partial charge in [0.25, 0.3) is 0 Å². The number of hydrogen-bond acceptors (Lipinski definition) is 3. The lowest BCUT2D eigenvalue weighted by Crippen LogP contribution is -2.13. The number of aryl methyl sites for hydroxylation is 1. The minimum Gasteiger partial charge on any atom is -0.307 e. The molecule has 0 spiro atoms. The van der Waals surface area contributed by atoms with Crippen molar-refractivity contribution in [3.8, 4) is 0 Å². The quantitative estimate of drug-likeness (QED) is 0.917. The lowest BCUT2D eigenvalue weighted by molar-refractivity contribution is 0.682. The fourth-order valence-electron chi connectivity index (χ4n) is 1.49. The van der Waals surface area contributed by atoms with Crippen LogP contribution in [0.3, 0.4) is 0 Å². The Balaban J connectivity index is 1.91. The minimum absolute atomic E-state index is 0.690. The van der Waals surface area contributed by atoms with E-state index < -0.39 is 0 Å². The summed E-state index contributed by atoms with van der Waals surface area (Å²) < 4.78 is 0. The molecule has 0 unspecified atom stereocenters. The van der Waals surface area contributed by atoms with Crippen LogP contribution >= 0.6 is 34.5 Å². The molecule has 1 heterocycles. The van der Waals surface area contributed by atoms with E-state index in [4.69, 9.17) is 23.2 Å². The molecule has 1 N–H and O–H groups in total. The Labute approximate surface area is 115 Å². The van der Waals surface area contributed by atoms with E-state index in [2.05, 4.69) is 15.7 Å². The topological polar surface area (TPSA) is 24.9 Å². The molecular formula is C12H12Cl2N2S. The molecule has 0 aliphatic rings. The first kappa shape index (κ1) is 12.8.